The Balaban J connectivity index is 2.04. The average molecular weight is 503 g/mol. The number of methoxy groups -OCH3 is 4. The molecule has 0 aliphatic carbocycles. The lowest BCUT2D eigenvalue weighted by Gasteiger charge is -2.25. The third-order valence-corrected chi connectivity index (χ3v) is 7.12. The monoisotopic (exact) mass is 502 g/mol. The molecular formula is C24H27BrN2O5. The Labute approximate surface area is 195 Å². The highest BCUT2D eigenvalue weighted by Gasteiger charge is 2.30. The number of carbonyl (C=O) groups is 1. The second-order valence-electron chi connectivity index (χ2n) is 7.83. The summed E-state index contributed by atoms with van der Waals surface area (Å²) in [6, 6.07) is 7.64. The maximum atomic E-state index is 12.0. The van der Waals surface area contributed by atoms with Crippen LogP contribution in [0.1, 0.15) is 18.4 Å². The van der Waals surface area contributed by atoms with Crippen LogP contribution in [-0.4, -0.2) is 51.8 Å². The summed E-state index contributed by atoms with van der Waals surface area (Å²) in [5.41, 5.74) is 6.73. The van der Waals surface area contributed by atoms with Crippen molar-refractivity contribution in [1.29, 1.82) is 0 Å². The molecule has 3 aromatic carbocycles. The molecule has 1 amide bonds. The van der Waals surface area contributed by atoms with Crippen molar-refractivity contribution in [2.24, 2.45) is 5.73 Å². The van der Waals surface area contributed by atoms with E-state index >= 15 is 0 Å². The van der Waals surface area contributed by atoms with E-state index < -0.39 is 0 Å². The Morgan fingerprint density at radius 1 is 0.906 bits per heavy atom. The molecule has 32 heavy (non-hydrogen) atoms. The van der Waals surface area contributed by atoms with E-state index in [0.717, 1.165) is 51.0 Å². The fraction of sp³-hybridized carbons (Fsp3) is 0.375. The molecule has 1 heterocycles. The number of ether oxygens (including phenoxy) is 4. The van der Waals surface area contributed by atoms with Crippen molar-refractivity contribution in [2.45, 2.75) is 25.4 Å². The molecule has 8 heteroatoms. The van der Waals surface area contributed by atoms with Gasteiger partial charge in [-0.25, -0.2) is 0 Å². The lowest BCUT2D eigenvalue weighted by atomic mass is 9.95. The normalized spacial score (nSPS) is 16.5. The highest BCUT2D eigenvalue weighted by atomic mass is 79.9. The van der Waals surface area contributed by atoms with Gasteiger partial charge < -0.3 is 24.7 Å². The Hall–Kier alpha value is -2.71. The van der Waals surface area contributed by atoms with E-state index in [1.807, 2.05) is 24.3 Å². The summed E-state index contributed by atoms with van der Waals surface area (Å²) in [4.78, 5) is 14.1. The minimum absolute atomic E-state index is 0.266. The van der Waals surface area contributed by atoms with Gasteiger partial charge in [0.1, 0.15) is 0 Å². The molecule has 170 valence electrons. The number of amides is 1. The summed E-state index contributed by atoms with van der Waals surface area (Å²) >= 11 is 3.85. The van der Waals surface area contributed by atoms with Gasteiger partial charge in [-0.2, -0.15) is 0 Å². The molecule has 1 unspecified atom stereocenters. The maximum absolute atomic E-state index is 12.0. The summed E-state index contributed by atoms with van der Waals surface area (Å²) < 4.78 is 23.2. The number of nitrogens with zero attached hydrogens (tertiary/aromatic N) is 1. The van der Waals surface area contributed by atoms with Gasteiger partial charge in [0.2, 0.25) is 5.91 Å². The molecule has 7 nitrogen and oxygen atoms in total. The molecule has 0 aromatic heterocycles. The molecule has 1 saturated heterocycles. The van der Waals surface area contributed by atoms with Gasteiger partial charge in [-0.1, -0.05) is 0 Å². The molecule has 3 aromatic rings. The molecular weight excluding hydrogens is 476 g/mol. The van der Waals surface area contributed by atoms with Gasteiger partial charge in [0.25, 0.3) is 0 Å². The quantitative estimate of drug-likeness (QED) is 0.486. The molecule has 0 bridgehead atoms. The largest absolute Gasteiger partial charge is 0.493 e. The lowest BCUT2D eigenvalue weighted by molar-refractivity contribution is -0.122. The topological polar surface area (TPSA) is 83.3 Å². The number of hydrogen-bond acceptors (Lipinski definition) is 6. The van der Waals surface area contributed by atoms with Crippen LogP contribution in [0.4, 0.5) is 0 Å². The Morgan fingerprint density at radius 3 is 1.88 bits per heavy atom. The van der Waals surface area contributed by atoms with Crippen LogP contribution in [0.15, 0.2) is 28.7 Å². The van der Waals surface area contributed by atoms with Crippen molar-refractivity contribution >= 4 is 43.4 Å². The van der Waals surface area contributed by atoms with E-state index in [2.05, 4.69) is 20.8 Å². The fourth-order valence-corrected chi connectivity index (χ4v) is 5.28. The van der Waals surface area contributed by atoms with Gasteiger partial charge in [-0.15, -0.1) is 0 Å². The van der Waals surface area contributed by atoms with E-state index in [-0.39, 0.29) is 11.9 Å². The van der Waals surface area contributed by atoms with Gasteiger partial charge in [0.15, 0.2) is 23.0 Å². The van der Waals surface area contributed by atoms with E-state index in [1.165, 1.54) is 0 Å². The second kappa shape index (κ2) is 9.03. The number of nitrogens with two attached hydrogens (primary N) is 1. The minimum atomic E-state index is -0.283. The first-order valence-corrected chi connectivity index (χ1v) is 11.2. The minimum Gasteiger partial charge on any atom is -0.493 e. The van der Waals surface area contributed by atoms with E-state index in [4.69, 9.17) is 24.7 Å². The third-order valence-electron chi connectivity index (χ3n) is 6.22. The highest BCUT2D eigenvalue weighted by molar-refractivity contribution is 9.10. The molecule has 1 atom stereocenters. The molecule has 1 aliphatic rings. The highest BCUT2D eigenvalue weighted by Crippen LogP contribution is 2.45. The maximum Gasteiger partial charge on any atom is 0.234 e. The summed E-state index contributed by atoms with van der Waals surface area (Å²) in [6.45, 7) is 1.39. The first-order chi connectivity index (χ1) is 15.4. The van der Waals surface area contributed by atoms with Gasteiger partial charge in [-0.05, 0) is 81.3 Å². The molecule has 2 N–H and O–H groups in total. The summed E-state index contributed by atoms with van der Waals surface area (Å²) in [5.74, 6) is 2.28. The number of halogens is 1. The van der Waals surface area contributed by atoms with Gasteiger partial charge in [0.05, 0.1) is 34.5 Å². The number of fused-ring (bicyclic) bond motifs is 3. The van der Waals surface area contributed by atoms with E-state index in [0.29, 0.717) is 29.5 Å². The molecule has 4 rings (SSSR count). The predicted molar refractivity (Wildman–Crippen MR) is 128 cm³/mol. The van der Waals surface area contributed by atoms with Crippen molar-refractivity contribution < 1.29 is 23.7 Å². The van der Waals surface area contributed by atoms with Crippen molar-refractivity contribution in [3.05, 3.63) is 34.3 Å². The van der Waals surface area contributed by atoms with Crippen LogP contribution in [0.5, 0.6) is 23.0 Å². The summed E-state index contributed by atoms with van der Waals surface area (Å²) in [5, 5.41) is 3.96. The van der Waals surface area contributed by atoms with Crippen molar-refractivity contribution in [1.82, 2.24) is 4.90 Å². The van der Waals surface area contributed by atoms with Crippen molar-refractivity contribution in [3.8, 4) is 23.0 Å². The number of likely N-dealkylation sites (tertiary alicyclic amines) is 1. The number of primary amides is 1. The molecule has 1 fully saturated rings. The number of carbonyl (C=O) groups excluding carboxylic acids is 1. The van der Waals surface area contributed by atoms with E-state index in [9.17, 15) is 4.79 Å². The van der Waals surface area contributed by atoms with Gasteiger partial charge in [0, 0.05) is 16.4 Å². The Bertz CT molecular complexity index is 1200. The standard InChI is InChI=1S/C24H27BrN2O5/c1-29-19-8-13-14-9-20(30-2)22(32-4)11-16(14)23(25)17(15(13)10-21(19)31-3)12-27-7-5-6-18(27)24(26)28/h8-11,18H,5-7,12H2,1-4H3,(H2,26,28). The Kier molecular flexibility index (Phi) is 6.35. The van der Waals surface area contributed by atoms with Crippen LogP contribution < -0.4 is 24.7 Å². The van der Waals surface area contributed by atoms with Crippen molar-refractivity contribution in [3.63, 3.8) is 0 Å². The van der Waals surface area contributed by atoms with Crippen LogP contribution in [0.25, 0.3) is 21.5 Å². The summed E-state index contributed by atoms with van der Waals surface area (Å²) in [7, 11) is 6.49. The molecule has 0 saturated carbocycles. The molecule has 1 aliphatic heterocycles. The SMILES string of the molecule is COc1cc2c(Br)c(CN3CCCC3C(N)=O)c3cc(OC)c(OC)cc3c2cc1OC. The summed E-state index contributed by atoms with van der Waals surface area (Å²) in [6.07, 6.45) is 1.72. The van der Waals surface area contributed by atoms with E-state index in [1.54, 1.807) is 28.4 Å². The Morgan fingerprint density at radius 2 is 1.38 bits per heavy atom. The lowest BCUT2D eigenvalue weighted by Crippen LogP contribution is -2.39. The van der Waals surface area contributed by atoms with Gasteiger partial charge in [-0.3, -0.25) is 9.69 Å². The van der Waals surface area contributed by atoms with Crippen molar-refractivity contribution in [2.75, 3.05) is 35.0 Å². The van der Waals surface area contributed by atoms with Crippen LogP contribution in [0.3, 0.4) is 0 Å². The van der Waals surface area contributed by atoms with Crippen LogP contribution in [0, 0.1) is 0 Å². The zero-order valence-electron chi connectivity index (χ0n) is 18.7. The van der Waals surface area contributed by atoms with Gasteiger partial charge >= 0.3 is 0 Å². The third kappa shape index (κ3) is 3.71. The van der Waals surface area contributed by atoms with Crippen LogP contribution in [0.2, 0.25) is 0 Å². The van der Waals surface area contributed by atoms with Crippen LogP contribution >= 0.6 is 15.9 Å². The smallest absolute Gasteiger partial charge is 0.234 e. The second-order valence-corrected chi connectivity index (χ2v) is 8.62. The fourth-order valence-electron chi connectivity index (χ4n) is 4.61. The first kappa shape index (κ1) is 22.5. The number of hydrogen-bond donors (Lipinski definition) is 1. The average Bonchev–Trinajstić information content (AvgIpc) is 3.28. The zero-order chi connectivity index (χ0) is 23.0. The molecule has 0 spiro atoms. The van der Waals surface area contributed by atoms with Crippen LogP contribution in [-0.2, 0) is 11.3 Å². The number of rotatable bonds is 7. The zero-order valence-corrected chi connectivity index (χ0v) is 20.2. The molecule has 0 radical (unpaired) electrons. The first-order valence-electron chi connectivity index (χ1n) is 10.4. The number of benzene rings is 3. The predicted octanol–water partition coefficient (Wildman–Crippen LogP) is 4.24.